The van der Waals surface area contributed by atoms with Gasteiger partial charge in [-0.15, -0.1) is 12.6 Å². The maximum Gasteiger partial charge on any atom is 0.193 e. The maximum absolute atomic E-state index is 12.9. The lowest BCUT2D eigenvalue weighted by Crippen LogP contribution is -2.00. The Hall–Kier alpha value is -0.810. The number of thiol groups is 1. The second-order valence-corrected chi connectivity index (χ2v) is 4.01. The molecule has 0 bridgehead atoms. The van der Waals surface area contributed by atoms with Crippen molar-refractivity contribution in [2.75, 3.05) is 0 Å². The predicted molar refractivity (Wildman–Crippen MR) is 57.4 cm³/mol. The van der Waals surface area contributed by atoms with Gasteiger partial charge in [-0.25, -0.2) is 4.39 Å². The first-order valence-electron chi connectivity index (χ1n) is 3.70. The molecule has 1 aromatic carbocycles. The van der Waals surface area contributed by atoms with E-state index in [0.717, 1.165) is 6.07 Å². The van der Waals surface area contributed by atoms with Crippen LogP contribution in [-0.2, 0) is 0 Å². The van der Waals surface area contributed by atoms with Gasteiger partial charge in [-0.1, -0.05) is 0 Å². The van der Waals surface area contributed by atoms with Gasteiger partial charge in [0.15, 0.2) is 16.1 Å². The van der Waals surface area contributed by atoms with Gasteiger partial charge < -0.3 is 4.42 Å². The lowest BCUT2D eigenvalue weighted by Gasteiger charge is -2.00. The van der Waals surface area contributed by atoms with E-state index in [2.05, 4.69) is 28.6 Å². The van der Waals surface area contributed by atoms with E-state index in [9.17, 15) is 9.18 Å². The molecule has 0 aliphatic rings. The molecule has 72 valence electrons. The fraction of sp³-hybridized carbons (Fsp3) is 0. The Morgan fingerprint density at radius 3 is 2.79 bits per heavy atom. The van der Waals surface area contributed by atoms with Gasteiger partial charge >= 0.3 is 0 Å². The van der Waals surface area contributed by atoms with Crippen molar-refractivity contribution in [3.05, 3.63) is 38.7 Å². The fourth-order valence-electron chi connectivity index (χ4n) is 1.17. The van der Waals surface area contributed by atoms with E-state index in [1.54, 1.807) is 0 Å². The molecule has 0 N–H and O–H groups in total. The first-order chi connectivity index (χ1) is 6.58. The third-order valence-corrected chi connectivity index (χ3v) is 2.54. The quantitative estimate of drug-likeness (QED) is 0.749. The number of rotatable bonds is 0. The molecule has 2 nitrogen and oxygen atoms in total. The molecule has 14 heavy (non-hydrogen) atoms. The molecule has 1 aromatic heterocycles. The van der Waals surface area contributed by atoms with Crippen LogP contribution in [0.25, 0.3) is 11.0 Å². The molecule has 2 aromatic rings. The summed E-state index contributed by atoms with van der Waals surface area (Å²) in [6.07, 6.45) is 0. The molecule has 0 fully saturated rings. The van der Waals surface area contributed by atoms with Crippen LogP contribution >= 0.6 is 28.6 Å². The summed E-state index contributed by atoms with van der Waals surface area (Å²) in [5, 5.41) is 0.407. The van der Waals surface area contributed by atoms with Gasteiger partial charge in [-0.2, -0.15) is 0 Å². The Kier molecular flexibility index (Phi) is 2.36. The fourth-order valence-corrected chi connectivity index (χ4v) is 1.89. The highest BCUT2D eigenvalue weighted by Gasteiger charge is 2.08. The molecule has 0 saturated carbocycles. The molecule has 0 saturated heterocycles. The summed E-state index contributed by atoms with van der Waals surface area (Å²) in [5.74, 6) is -0.483. The van der Waals surface area contributed by atoms with E-state index < -0.39 is 5.82 Å². The Labute approximate surface area is 92.3 Å². The standard InChI is InChI=1S/C9H4BrFO2S/c10-6-2-4(11)1-5-7(12)3-8(14)13-9(5)6/h1-3,14H. The van der Waals surface area contributed by atoms with E-state index >= 15 is 0 Å². The largest absolute Gasteiger partial charge is 0.449 e. The van der Waals surface area contributed by atoms with Gasteiger partial charge in [0.2, 0.25) is 0 Å². The Balaban J connectivity index is 3.02. The topological polar surface area (TPSA) is 30.2 Å². The zero-order valence-electron chi connectivity index (χ0n) is 6.75. The molecule has 1 heterocycles. The van der Waals surface area contributed by atoms with E-state index in [1.807, 2.05) is 0 Å². The highest BCUT2D eigenvalue weighted by atomic mass is 79.9. The van der Waals surface area contributed by atoms with Crippen molar-refractivity contribution in [3.8, 4) is 0 Å². The average molecular weight is 275 g/mol. The summed E-state index contributed by atoms with van der Waals surface area (Å²) in [7, 11) is 0. The van der Waals surface area contributed by atoms with Crippen molar-refractivity contribution < 1.29 is 8.81 Å². The summed E-state index contributed by atoms with van der Waals surface area (Å²) in [6.45, 7) is 0. The molecule has 0 aliphatic heterocycles. The molecule has 0 amide bonds. The molecule has 0 aliphatic carbocycles. The molecular weight excluding hydrogens is 271 g/mol. The smallest absolute Gasteiger partial charge is 0.193 e. The van der Waals surface area contributed by atoms with Crippen LogP contribution in [0.2, 0.25) is 0 Å². The summed E-state index contributed by atoms with van der Waals surface area (Å²) in [5.41, 5.74) is 0.000324. The third-order valence-electron chi connectivity index (χ3n) is 1.74. The zero-order valence-corrected chi connectivity index (χ0v) is 9.23. The van der Waals surface area contributed by atoms with Crippen molar-refractivity contribution in [3.63, 3.8) is 0 Å². The van der Waals surface area contributed by atoms with E-state index in [0.29, 0.717) is 10.1 Å². The van der Waals surface area contributed by atoms with Crippen molar-refractivity contribution in [2.24, 2.45) is 0 Å². The summed E-state index contributed by atoms with van der Waals surface area (Å²) in [4.78, 5) is 11.4. The summed E-state index contributed by atoms with van der Waals surface area (Å²) in [6, 6.07) is 3.58. The molecule has 0 unspecified atom stereocenters. The van der Waals surface area contributed by atoms with Crippen LogP contribution in [0.5, 0.6) is 0 Å². The van der Waals surface area contributed by atoms with Gasteiger partial charge in [-0.05, 0) is 28.1 Å². The number of halogens is 2. The van der Waals surface area contributed by atoms with Crippen molar-refractivity contribution in [1.29, 1.82) is 0 Å². The van der Waals surface area contributed by atoms with Crippen LogP contribution in [-0.4, -0.2) is 0 Å². The molecule has 0 spiro atoms. The second-order valence-electron chi connectivity index (χ2n) is 2.71. The Morgan fingerprint density at radius 2 is 2.07 bits per heavy atom. The second kappa shape index (κ2) is 3.40. The van der Waals surface area contributed by atoms with Crippen LogP contribution in [0.1, 0.15) is 0 Å². The van der Waals surface area contributed by atoms with E-state index in [-0.39, 0.29) is 15.9 Å². The first-order valence-corrected chi connectivity index (χ1v) is 4.94. The number of hydrogen-bond donors (Lipinski definition) is 1. The predicted octanol–water partition coefficient (Wildman–Crippen LogP) is 2.98. The van der Waals surface area contributed by atoms with Gasteiger partial charge in [0, 0.05) is 6.07 Å². The van der Waals surface area contributed by atoms with Gasteiger partial charge in [0.25, 0.3) is 0 Å². The molecule has 5 heteroatoms. The minimum atomic E-state index is -0.483. The lowest BCUT2D eigenvalue weighted by molar-refractivity contribution is 0.499. The third kappa shape index (κ3) is 1.57. The normalized spacial score (nSPS) is 10.8. The zero-order chi connectivity index (χ0) is 10.3. The van der Waals surface area contributed by atoms with Gasteiger partial charge in [-0.3, -0.25) is 4.79 Å². The van der Waals surface area contributed by atoms with Crippen LogP contribution < -0.4 is 5.43 Å². The Bertz CT molecular complexity index is 564. The minimum Gasteiger partial charge on any atom is -0.449 e. The highest BCUT2D eigenvalue weighted by molar-refractivity contribution is 9.10. The highest BCUT2D eigenvalue weighted by Crippen LogP contribution is 2.24. The van der Waals surface area contributed by atoms with Crippen LogP contribution in [0.4, 0.5) is 4.39 Å². The number of fused-ring (bicyclic) bond motifs is 1. The number of hydrogen-bond acceptors (Lipinski definition) is 3. The van der Waals surface area contributed by atoms with Crippen LogP contribution in [0.15, 0.2) is 37.0 Å². The minimum absolute atomic E-state index is 0.203. The first kappa shape index (κ1) is 9.73. The van der Waals surface area contributed by atoms with Crippen molar-refractivity contribution in [2.45, 2.75) is 5.09 Å². The number of benzene rings is 1. The van der Waals surface area contributed by atoms with Crippen LogP contribution in [0, 0.1) is 5.82 Å². The molecule has 2 rings (SSSR count). The lowest BCUT2D eigenvalue weighted by atomic mass is 10.2. The van der Waals surface area contributed by atoms with E-state index in [4.69, 9.17) is 4.42 Å². The van der Waals surface area contributed by atoms with Crippen molar-refractivity contribution in [1.82, 2.24) is 0 Å². The molecule has 0 atom stereocenters. The summed E-state index contributed by atoms with van der Waals surface area (Å²) < 4.78 is 18.5. The van der Waals surface area contributed by atoms with Gasteiger partial charge in [0.1, 0.15) is 5.82 Å². The van der Waals surface area contributed by atoms with Crippen LogP contribution in [0.3, 0.4) is 0 Å². The molecule has 0 radical (unpaired) electrons. The van der Waals surface area contributed by atoms with E-state index in [1.165, 1.54) is 12.1 Å². The monoisotopic (exact) mass is 274 g/mol. The maximum atomic E-state index is 12.9. The summed E-state index contributed by atoms with van der Waals surface area (Å²) >= 11 is 7.03. The van der Waals surface area contributed by atoms with Gasteiger partial charge in [0.05, 0.1) is 9.86 Å². The molecular formula is C9H4BrFO2S. The Morgan fingerprint density at radius 1 is 1.36 bits per heavy atom. The average Bonchev–Trinajstić information content (AvgIpc) is 2.07. The SMILES string of the molecule is O=c1cc(S)oc2c(Br)cc(F)cc12. The van der Waals surface area contributed by atoms with Crippen molar-refractivity contribution >= 4 is 39.5 Å².